The molecule has 8 heteroatoms. The number of rotatable bonds is 7. The molecule has 148 valence electrons. The quantitative estimate of drug-likeness (QED) is 0.642. The topological polar surface area (TPSA) is 87.7 Å². The van der Waals surface area contributed by atoms with Crippen molar-refractivity contribution in [2.75, 3.05) is 31.6 Å². The minimum Gasteiger partial charge on any atom is -0.344 e. The van der Waals surface area contributed by atoms with Crippen LogP contribution in [0.4, 0.5) is 0 Å². The third-order valence-corrected chi connectivity index (χ3v) is 7.40. The predicted molar refractivity (Wildman–Crippen MR) is 102 cm³/mol. The number of likely N-dealkylation sites (N-methyl/N-ethyl adjacent to an activating group) is 1. The van der Waals surface area contributed by atoms with Crippen LogP contribution >= 0.6 is 0 Å². The largest absolute Gasteiger partial charge is 0.344 e. The van der Waals surface area contributed by atoms with Crippen molar-refractivity contribution in [3.05, 3.63) is 30.1 Å². The van der Waals surface area contributed by atoms with E-state index in [1.807, 2.05) is 19.1 Å². The van der Waals surface area contributed by atoms with Gasteiger partial charge in [-0.1, -0.05) is 0 Å². The summed E-state index contributed by atoms with van der Waals surface area (Å²) in [5.41, 5.74) is 0.0993. The Hall–Kier alpha value is -1.96. The number of aromatic nitrogens is 1. The third kappa shape index (κ3) is 4.15. The molecule has 0 N–H and O–H groups in total. The molecule has 1 saturated heterocycles. The molecular formula is C19H27N3O4S. The van der Waals surface area contributed by atoms with Gasteiger partial charge in [0, 0.05) is 38.6 Å². The number of sulfone groups is 1. The van der Waals surface area contributed by atoms with Crippen molar-refractivity contribution in [3.63, 3.8) is 0 Å². The zero-order chi connectivity index (χ0) is 19.7. The van der Waals surface area contributed by atoms with Crippen LogP contribution in [0, 0.1) is 5.41 Å². The van der Waals surface area contributed by atoms with Crippen LogP contribution in [0.2, 0.25) is 0 Å². The van der Waals surface area contributed by atoms with Crippen LogP contribution in [0.5, 0.6) is 0 Å². The molecule has 1 unspecified atom stereocenters. The minimum absolute atomic E-state index is 0.00866. The molecule has 0 radical (unpaired) electrons. The lowest BCUT2D eigenvalue weighted by molar-refractivity contribution is -0.149. The monoisotopic (exact) mass is 393 g/mol. The highest BCUT2D eigenvalue weighted by Gasteiger charge is 2.59. The van der Waals surface area contributed by atoms with Gasteiger partial charge in [0.15, 0.2) is 9.84 Å². The molecule has 3 rings (SSSR count). The predicted octanol–water partition coefficient (Wildman–Crippen LogP) is 0.898. The first-order valence-electron chi connectivity index (χ1n) is 9.45. The number of amides is 2. The molecule has 2 aliphatic rings. The Bertz CT molecular complexity index is 806. The molecule has 2 fully saturated rings. The van der Waals surface area contributed by atoms with Gasteiger partial charge in [-0.25, -0.2) is 8.42 Å². The van der Waals surface area contributed by atoms with Gasteiger partial charge >= 0.3 is 0 Å². The first-order valence-corrected chi connectivity index (χ1v) is 11.3. The number of carbonyl (C=O) groups excluding carboxylic acids is 2. The average Bonchev–Trinajstić information content (AvgIpc) is 3.39. The van der Waals surface area contributed by atoms with Gasteiger partial charge < -0.3 is 9.80 Å². The van der Waals surface area contributed by atoms with E-state index in [1.165, 1.54) is 0 Å². The highest BCUT2D eigenvalue weighted by Crippen LogP contribution is 2.49. The Kier molecular flexibility index (Phi) is 5.55. The van der Waals surface area contributed by atoms with E-state index in [9.17, 15) is 18.0 Å². The fourth-order valence-corrected chi connectivity index (χ4v) is 5.55. The Morgan fingerprint density at radius 1 is 1.22 bits per heavy atom. The normalized spacial score (nSPS) is 22.2. The van der Waals surface area contributed by atoms with Crippen molar-refractivity contribution in [2.24, 2.45) is 5.41 Å². The van der Waals surface area contributed by atoms with Gasteiger partial charge in [0.2, 0.25) is 11.8 Å². The standard InChI is InChI=1S/C19H27N3O4S/c1-3-22(16-7-13-27(25,26)14-16)18(24)19(8-9-19)17(23)21(2)12-6-15-4-10-20-11-5-15/h4-5,10-11,16H,3,6-9,12-14H2,1-2H3. The minimum atomic E-state index is -3.08. The number of pyridine rings is 1. The molecule has 2 heterocycles. The van der Waals surface area contributed by atoms with E-state index in [4.69, 9.17) is 0 Å². The smallest absolute Gasteiger partial charge is 0.238 e. The summed E-state index contributed by atoms with van der Waals surface area (Å²) in [6.45, 7) is 2.80. The summed E-state index contributed by atoms with van der Waals surface area (Å²) in [4.78, 5) is 33.4. The maximum Gasteiger partial charge on any atom is 0.238 e. The second kappa shape index (κ2) is 7.58. The van der Waals surface area contributed by atoms with E-state index in [2.05, 4.69) is 4.98 Å². The van der Waals surface area contributed by atoms with Crippen molar-refractivity contribution >= 4 is 21.7 Å². The fourth-order valence-electron chi connectivity index (χ4n) is 3.82. The number of carbonyl (C=O) groups is 2. The van der Waals surface area contributed by atoms with Gasteiger partial charge in [-0.3, -0.25) is 14.6 Å². The molecule has 0 bridgehead atoms. The van der Waals surface area contributed by atoms with Gasteiger partial charge in [-0.05, 0) is 50.3 Å². The van der Waals surface area contributed by atoms with Crippen molar-refractivity contribution < 1.29 is 18.0 Å². The molecule has 2 amide bonds. The summed E-state index contributed by atoms with van der Waals surface area (Å²) in [7, 11) is -1.35. The van der Waals surface area contributed by atoms with Crippen molar-refractivity contribution in [1.82, 2.24) is 14.8 Å². The van der Waals surface area contributed by atoms with E-state index in [-0.39, 0.29) is 29.4 Å². The number of nitrogens with zero attached hydrogens (tertiary/aromatic N) is 3. The summed E-state index contributed by atoms with van der Waals surface area (Å²) in [6.07, 6.45) is 5.69. The summed E-state index contributed by atoms with van der Waals surface area (Å²) in [5, 5.41) is 0. The van der Waals surface area contributed by atoms with Crippen LogP contribution in [0.25, 0.3) is 0 Å². The first kappa shape index (κ1) is 19.8. The van der Waals surface area contributed by atoms with Crippen LogP contribution in [-0.2, 0) is 25.8 Å². The first-order chi connectivity index (χ1) is 12.8. The van der Waals surface area contributed by atoms with Gasteiger partial charge in [0.1, 0.15) is 5.41 Å². The van der Waals surface area contributed by atoms with Crippen LogP contribution in [-0.4, -0.2) is 72.7 Å². The molecule has 1 aliphatic heterocycles. The van der Waals surface area contributed by atoms with Crippen LogP contribution in [0.1, 0.15) is 31.7 Å². The number of hydrogen-bond acceptors (Lipinski definition) is 5. The maximum atomic E-state index is 13.2. The Morgan fingerprint density at radius 3 is 2.41 bits per heavy atom. The Balaban J connectivity index is 1.65. The van der Waals surface area contributed by atoms with Gasteiger partial charge in [0.05, 0.1) is 11.5 Å². The van der Waals surface area contributed by atoms with E-state index in [0.29, 0.717) is 38.8 Å². The van der Waals surface area contributed by atoms with Crippen LogP contribution in [0.3, 0.4) is 0 Å². The van der Waals surface area contributed by atoms with Crippen molar-refractivity contribution in [3.8, 4) is 0 Å². The van der Waals surface area contributed by atoms with Gasteiger partial charge in [-0.15, -0.1) is 0 Å². The van der Waals surface area contributed by atoms with E-state index in [1.54, 1.807) is 29.2 Å². The molecule has 1 saturated carbocycles. The SMILES string of the molecule is CCN(C(=O)C1(C(=O)N(C)CCc2ccncc2)CC1)C1CCS(=O)(=O)C1. The summed E-state index contributed by atoms with van der Waals surface area (Å²) in [6, 6.07) is 3.52. The molecule has 0 aromatic carbocycles. The highest BCUT2D eigenvalue weighted by atomic mass is 32.2. The third-order valence-electron chi connectivity index (χ3n) is 5.65. The van der Waals surface area contributed by atoms with E-state index in [0.717, 1.165) is 5.56 Å². The lowest BCUT2D eigenvalue weighted by atomic mass is 10.0. The van der Waals surface area contributed by atoms with Crippen LogP contribution < -0.4 is 0 Å². The lowest BCUT2D eigenvalue weighted by Gasteiger charge is -2.32. The van der Waals surface area contributed by atoms with Crippen molar-refractivity contribution in [1.29, 1.82) is 0 Å². The molecule has 1 aromatic heterocycles. The molecular weight excluding hydrogens is 366 g/mol. The molecule has 7 nitrogen and oxygen atoms in total. The molecule has 1 aromatic rings. The van der Waals surface area contributed by atoms with Crippen molar-refractivity contribution in [2.45, 2.75) is 38.6 Å². The highest BCUT2D eigenvalue weighted by molar-refractivity contribution is 7.91. The maximum absolute atomic E-state index is 13.2. The second-order valence-electron chi connectivity index (χ2n) is 7.56. The van der Waals surface area contributed by atoms with Gasteiger partial charge in [0.25, 0.3) is 0 Å². The van der Waals surface area contributed by atoms with Gasteiger partial charge in [-0.2, -0.15) is 0 Å². The molecule has 1 aliphatic carbocycles. The van der Waals surface area contributed by atoms with E-state index >= 15 is 0 Å². The fraction of sp³-hybridized carbons (Fsp3) is 0.632. The van der Waals surface area contributed by atoms with Crippen LogP contribution in [0.15, 0.2) is 24.5 Å². The summed E-state index contributed by atoms with van der Waals surface area (Å²) in [5.74, 6) is -0.225. The summed E-state index contributed by atoms with van der Waals surface area (Å²) < 4.78 is 23.6. The summed E-state index contributed by atoms with van der Waals surface area (Å²) >= 11 is 0. The molecule has 0 spiro atoms. The Labute approximate surface area is 160 Å². The molecule has 27 heavy (non-hydrogen) atoms. The second-order valence-corrected chi connectivity index (χ2v) is 9.79. The average molecular weight is 394 g/mol. The zero-order valence-corrected chi connectivity index (χ0v) is 16.7. The number of hydrogen-bond donors (Lipinski definition) is 0. The molecule has 1 atom stereocenters. The zero-order valence-electron chi connectivity index (χ0n) is 15.9. The van der Waals surface area contributed by atoms with E-state index < -0.39 is 15.3 Å². The lowest BCUT2D eigenvalue weighted by Crippen LogP contribution is -2.50. The Morgan fingerprint density at radius 2 is 1.89 bits per heavy atom.